The molecule has 1 aliphatic rings. The molecule has 198 valence electrons. The summed E-state index contributed by atoms with van der Waals surface area (Å²) in [7, 11) is 1.55. The molecular formula is C32H30N2O5. The molecule has 5 rings (SSSR count). The summed E-state index contributed by atoms with van der Waals surface area (Å²) in [4.78, 5) is 28.2. The Hall–Kier alpha value is -4.78. The average molecular weight is 523 g/mol. The third-order valence-corrected chi connectivity index (χ3v) is 7.10. The van der Waals surface area contributed by atoms with Crippen molar-refractivity contribution < 1.29 is 24.2 Å². The number of carbonyl (C=O) groups is 2. The second-order valence-electron chi connectivity index (χ2n) is 9.54. The third-order valence-electron chi connectivity index (χ3n) is 7.10. The number of carboxylic acid groups (broad SMARTS) is 1. The number of nitrogen functional groups attached to an aromatic ring is 1. The predicted molar refractivity (Wildman–Crippen MR) is 149 cm³/mol. The van der Waals surface area contributed by atoms with Crippen LogP contribution in [0.15, 0.2) is 97.1 Å². The Balaban J connectivity index is 1.50. The molecule has 1 heterocycles. The highest BCUT2D eigenvalue weighted by Gasteiger charge is 2.40. The molecule has 4 aromatic rings. The monoisotopic (exact) mass is 522 g/mol. The summed E-state index contributed by atoms with van der Waals surface area (Å²) in [5.41, 5.74) is 10.6. The Morgan fingerprint density at radius 3 is 2.10 bits per heavy atom. The van der Waals surface area contributed by atoms with Crippen molar-refractivity contribution in [1.29, 1.82) is 0 Å². The third kappa shape index (κ3) is 5.43. The Kier molecular flexibility index (Phi) is 7.50. The Morgan fingerprint density at radius 1 is 0.923 bits per heavy atom. The zero-order chi connectivity index (χ0) is 27.4. The molecule has 3 N–H and O–H groups in total. The predicted octanol–water partition coefficient (Wildman–Crippen LogP) is 5.03. The van der Waals surface area contributed by atoms with E-state index in [1.165, 1.54) is 4.90 Å². The van der Waals surface area contributed by atoms with Gasteiger partial charge in [0.2, 0.25) is 5.91 Å². The zero-order valence-electron chi connectivity index (χ0n) is 21.6. The van der Waals surface area contributed by atoms with Crippen LogP contribution < -0.4 is 15.2 Å². The van der Waals surface area contributed by atoms with Crippen molar-refractivity contribution in [1.82, 2.24) is 4.90 Å². The lowest BCUT2D eigenvalue weighted by atomic mass is 9.87. The lowest BCUT2D eigenvalue weighted by Crippen LogP contribution is -2.50. The average Bonchev–Trinajstić information content (AvgIpc) is 2.97. The molecule has 0 saturated heterocycles. The number of nitrogens with two attached hydrogens (primary N) is 1. The van der Waals surface area contributed by atoms with E-state index < -0.39 is 17.9 Å². The standard InChI is InChI=1S/C32H30N2O5/c1-38-28-17-14-24-19-34(31(35)29(22-8-4-2-5-9-22)23-10-6-3-7-11-23)27(32(36)37)18-26(24)30(28)39-20-21-12-15-25(33)16-13-21/h2-17,27,29H,18-20,33H2,1H3,(H,36,37). The van der Waals surface area contributed by atoms with Crippen LogP contribution in [0.5, 0.6) is 11.5 Å². The van der Waals surface area contributed by atoms with Crippen molar-refractivity contribution in [2.45, 2.75) is 31.5 Å². The smallest absolute Gasteiger partial charge is 0.326 e. The number of fused-ring (bicyclic) bond motifs is 1. The summed E-state index contributed by atoms with van der Waals surface area (Å²) >= 11 is 0. The number of carbonyl (C=O) groups excluding carboxylic acids is 1. The number of aliphatic carboxylic acids is 1. The number of hydrogen-bond donors (Lipinski definition) is 2. The summed E-state index contributed by atoms with van der Waals surface area (Å²) in [5.74, 6) is -0.950. The van der Waals surface area contributed by atoms with E-state index in [1.807, 2.05) is 78.9 Å². The van der Waals surface area contributed by atoms with Gasteiger partial charge in [0.15, 0.2) is 11.5 Å². The maximum Gasteiger partial charge on any atom is 0.326 e. The van der Waals surface area contributed by atoms with E-state index in [-0.39, 0.29) is 25.5 Å². The first-order valence-corrected chi connectivity index (χ1v) is 12.8. The largest absolute Gasteiger partial charge is 0.493 e. The number of ether oxygens (including phenoxy) is 2. The molecule has 4 aromatic carbocycles. The first-order chi connectivity index (χ1) is 19.0. The molecule has 1 atom stereocenters. The van der Waals surface area contributed by atoms with E-state index in [0.29, 0.717) is 17.2 Å². The van der Waals surface area contributed by atoms with E-state index in [1.54, 1.807) is 25.3 Å². The normalized spacial score (nSPS) is 14.5. The van der Waals surface area contributed by atoms with Crippen LogP contribution in [0.3, 0.4) is 0 Å². The van der Waals surface area contributed by atoms with Crippen LogP contribution in [0, 0.1) is 0 Å². The maximum absolute atomic E-state index is 14.2. The van der Waals surface area contributed by atoms with Gasteiger partial charge in [0.05, 0.1) is 13.0 Å². The minimum absolute atomic E-state index is 0.0982. The van der Waals surface area contributed by atoms with Gasteiger partial charge in [-0.1, -0.05) is 78.9 Å². The summed E-state index contributed by atoms with van der Waals surface area (Å²) in [6.45, 7) is 0.404. The summed E-state index contributed by atoms with van der Waals surface area (Å²) in [5, 5.41) is 10.3. The zero-order valence-corrected chi connectivity index (χ0v) is 21.6. The molecule has 0 bridgehead atoms. The van der Waals surface area contributed by atoms with Gasteiger partial charge < -0.3 is 25.2 Å². The number of benzene rings is 4. The lowest BCUT2D eigenvalue weighted by Gasteiger charge is -2.37. The Morgan fingerprint density at radius 2 is 1.54 bits per heavy atom. The second-order valence-corrected chi connectivity index (χ2v) is 9.54. The number of methoxy groups -OCH3 is 1. The van der Waals surface area contributed by atoms with Crippen LogP contribution in [0.25, 0.3) is 0 Å². The molecule has 1 unspecified atom stereocenters. The molecule has 7 nitrogen and oxygen atoms in total. The van der Waals surface area contributed by atoms with Gasteiger partial charge in [-0.05, 0) is 40.5 Å². The van der Waals surface area contributed by atoms with Gasteiger partial charge in [-0.15, -0.1) is 0 Å². The fourth-order valence-electron chi connectivity index (χ4n) is 5.09. The molecule has 0 radical (unpaired) electrons. The maximum atomic E-state index is 14.2. The highest BCUT2D eigenvalue weighted by Crippen LogP contribution is 2.40. The van der Waals surface area contributed by atoms with Crippen LogP contribution in [-0.2, 0) is 29.2 Å². The Labute approximate surface area is 227 Å². The van der Waals surface area contributed by atoms with E-state index in [9.17, 15) is 14.7 Å². The molecule has 0 spiro atoms. The van der Waals surface area contributed by atoms with Crippen molar-refractivity contribution >= 4 is 17.6 Å². The van der Waals surface area contributed by atoms with E-state index >= 15 is 0 Å². The van der Waals surface area contributed by atoms with Gasteiger partial charge in [-0.2, -0.15) is 0 Å². The number of nitrogens with zero attached hydrogens (tertiary/aromatic N) is 1. The first kappa shape index (κ1) is 25.9. The van der Waals surface area contributed by atoms with Crippen LogP contribution in [0.1, 0.15) is 33.7 Å². The number of amides is 1. The quantitative estimate of drug-likeness (QED) is 0.315. The van der Waals surface area contributed by atoms with E-state index in [2.05, 4.69) is 0 Å². The summed E-state index contributed by atoms with van der Waals surface area (Å²) in [6, 6.07) is 28.9. The minimum Gasteiger partial charge on any atom is -0.493 e. The van der Waals surface area contributed by atoms with Gasteiger partial charge in [0.25, 0.3) is 0 Å². The van der Waals surface area contributed by atoms with Crippen LogP contribution in [-0.4, -0.2) is 35.0 Å². The van der Waals surface area contributed by atoms with E-state index in [4.69, 9.17) is 15.2 Å². The van der Waals surface area contributed by atoms with Crippen molar-refractivity contribution in [3.8, 4) is 11.5 Å². The van der Waals surface area contributed by atoms with Crippen LogP contribution >= 0.6 is 0 Å². The molecule has 0 aliphatic carbocycles. The summed E-state index contributed by atoms with van der Waals surface area (Å²) < 4.78 is 11.8. The Bertz CT molecular complexity index is 1420. The van der Waals surface area contributed by atoms with Gasteiger partial charge in [0, 0.05) is 24.2 Å². The fraction of sp³-hybridized carbons (Fsp3) is 0.188. The van der Waals surface area contributed by atoms with Gasteiger partial charge in [-0.3, -0.25) is 4.79 Å². The molecule has 1 amide bonds. The van der Waals surface area contributed by atoms with E-state index in [0.717, 1.165) is 27.8 Å². The molecular weight excluding hydrogens is 492 g/mol. The molecule has 1 aliphatic heterocycles. The van der Waals surface area contributed by atoms with Gasteiger partial charge in [0.1, 0.15) is 12.6 Å². The fourth-order valence-corrected chi connectivity index (χ4v) is 5.09. The van der Waals surface area contributed by atoms with Crippen LogP contribution in [0.2, 0.25) is 0 Å². The minimum atomic E-state index is -1.07. The molecule has 7 heteroatoms. The van der Waals surface area contributed by atoms with Gasteiger partial charge in [-0.25, -0.2) is 4.79 Å². The second kappa shape index (κ2) is 11.3. The first-order valence-electron chi connectivity index (χ1n) is 12.8. The number of hydrogen-bond acceptors (Lipinski definition) is 5. The molecule has 0 saturated carbocycles. The molecule has 0 aromatic heterocycles. The van der Waals surface area contributed by atoms with Crippen molar-refractivity contribution in [3.05, 3.63) is 125 Å². The van der Waals surface area contributed by atoms with Crippen molar-refractivity contribution in [2.75, 3.05) is 12.8 Å². The summed E-state index contributed by atoms with van der Waals surface area (Å²) in [6.07, 6.45) is 0.0982. The highest BCUT2D eigenvalue weighted by atomic mass is 16.5. The number of anilines is 1. The molecule has 0 fully saturated rings. The topological polar surface area (TPSA) is 102 Å². The van der Waals surface area contributed by atoms with Crippen molar-refractivity contribution in [3.63, 3.8) is 0 Å². The number of carboxylic acids is 1. The number of rotatable bonds is 8. The lowest BCUT2D eigenvalue weighted by molar-refractivity contribution is -0.151. The van der Waals surface area contributed by atoms with Crippen molar-refractivity contribution in [2.24, 2.45) is 0 Å². The van der Waals surface area contributed by atoms with Gasteiger partial charge >= 0.3 is 5.97 Å². The SMILES string of the molecule is COc1ccc2c(c1OCc1ccc(N)cc1)CC(C(=O)O)N(C(=O)C(c1ccccc1)c1ccccc1)C2. The molecule has 39 heavy (non-hydrogen) atoms. The highest BCUT2D eigenvalue weighted by molar-refractivity contribution is 5.91. The van der Waals surface area contributed by atoms with Crippen LogP contribution in [0.4, 0.5) is 5.69 Å².